The van der Waals surface area contributed by atoms with Gasteiger partial charge in [0.25, 0.3) is 0 Å². The van der Waals surface area contributed by atoms with Crippen molar-refractivity contribution in [1.82, 2.24) is 4.90 Å². The molecule has 2 nitrogen and oxygen atoms in total. The fraction of sp³-hybridized carbons (Fsp3) is 0.900. The minimum Gasteiger partial charge on any atom is -0.301 e. The topological polar surface area (TPSA) is 27.0 Å². The maximum absolute atomic E-state index is 8.90. The summed E-state index contributed by atoms with van der Waals surface area (Å²) < 4.78 is 0. The average molecular weight is 198 g/mol. The van der Waals surface area contributed by atoms with Crippen molar-refractivity contribution in [1.29, 1.82) is 5.26 Å². The highest BCUT2D eigenvalue weighted by atomic mass is 32.2. The third-order valence-electron chi connectivity index (χ3n) is 2.48. The summed E-state index contributed by atoms with van der Waals surface area (Å²) >= 11 is 2.02. The van der Waals surface area contributed by atoms with E-state index in [1.807, 2.05) is 25.6 Å². The summed E-state index contributed by atoms with van der Waals surface area (Å²) in [7, 11) is 2.13. The monoisotopic (exact) mass is 198 g/mol. The zero-order valence-corrected chi connectivity index (χ0v) is 9.52. The lowest BCUT2D eigenvalue weighted by Gasteiger charge is -2.28. The van der Waals surface area contributed by atoms with Crippen LogP contribution >= 0.6 is 11.8 Å². The van der Waals surface area contributed by atoms with Gasteiger partial charge in [-0.2, -0.15) is 17.0 Å². The van der Waals surface area contributed by atoms with Crippen molar-refractivity contribution in [2.75, 3.05) is 25.1 Å². The Hall–Kier alpha value is -0.200. The van der Waals surface area contributed by atoms with Crippen LogP contribution in [0, 0.1) is 16.7 Å². The molecule has 0 aromatic rings. The fourth-order valence-electron chi connectivity index (χ4n) is 1.66. The molecule has 0 amide bonds. The maximum Gasteiger partial charge on any atom is 0.0697 e. The predicted octanol–water partition coefficient (Wildman–Crippen LogP) is 1.97. The molecule has 1 saturated heterocycles. The number of nitriles is 1. The minimum atomic E-state index is -0.206. The van der Waals surface area contributed by atoms with Crippen molar-refractivity contribution < 1.29 is 0 Å². The van der Waals surface area contributed by atoms with Gasteiger partial charge in [0.05, 0.1) is 11.5 Å². The Kier molecular flexibility index (Phi) is 3.63. The molecule has 13 heavy (non-hydrogen) atoms. The van der Waals surface area contributed by atoms with Gasteiger partial charge in [0.15, 0.2) is 0 Å². The molecule has 0 spiro atoms. The Balaban J connectivity index is 2.40. The fourth-order valence-corrected chi connectivity index (χ4v) is 2.96. The van der Waals surface area contributed by atoms with Crippen molar-refractivity contribution >= 4 is 11.8 Å². The van der Waals surface area contributed by atoms with Gasteiger partial charge in [-0.15, -0.1) is 0 Å². The van der Waals surface area contributed by atoms with E-state index in [0.717, 1.165) is 6.54 Å². The first-order valence-electron chi connectivity index (χ1n) is 4.74. The molecule has 1 heterocycles. The van der Waals surface area contributed by atoms with Crippen molar-refractivity contribution in [2.24, 2.45) is 5.41 Å². The highest BCUT2D eigenvalue weighted by molar-refractivity contribution is 7.99. The second-order valence-corrected chi connectivity index (χ2v) is 5.58. The number of hydrogen-bond donors (Lipinski definition) is 0. The number of nitrogens with zero attached hydrogens (tertiary/aromatic N) is 2. The first-order chi connectivity index (χ1) is 6.05. The Morgan fingerprint density at radius 1 is 1.62 bits per heavy atom. The molecule has 1 aliphatic heterocycles. The first kappa shape index (κ1) is 10.9. The molecule has 1 aliphatic rings. The first-order valence-corrected chi connectivity index (χ1v) is 5.90. The molecule has 1 atom stereocenters. The van der Waals surface area contributed by atoms with E-state index in [2.05, 4.69) is 18.0 Å². The number of thioether (sulfide) groups is 1. The molecule has 1 unspecified atom stereocenters. The van der Waals surface area contributed by atoms with Crippen molar-refractivity contribution in [2.45, 2.75) is 26.3 Å². The van der Waals surface area contributed by atoms with Gasteiger partial charge in [-0.05, 0) is 33.1 Å². The van der Waals surface area contributed by atoms with Crippen LogP contribution in [0.25, 0.3) is 0 Å². The van der Waals surface area contributed by atoms with Crippen LogP contribution in [-0.4, -0.2) is 36.0 Å². The van der Waals surface area contributed by atoms with E-state index in [1.54, 1.807) is 0 Å². The molecule has 74 valence electrons. The Bertz CT molecular complexity index is 201. The summed E-state index contributed by atoms with van der Waals surface area (Å²) in [6, 6.07) is 3.04. The molecule has 0 aromatic carbocycles. The van der Waals surface area contributed by atoms with Crippen LogP contribution in [0.5, 0.6) is 0 Å². The summed E-state index contributed by atoms with van der Waals surface area (Å²) in [6.45, 7) is 4.89. The SMILES string of the molecule is CN(CC(C)(C)C#N)C1CCSC1. The summed E-state index contributed by atoms with van der Waals surface area (Å²) in [6.07, 6.45) is 1.28. The largest absolute Gasteiger partial charge is 0.301 e. The maximum atomic E-state index is 8.90. The van der Waals surface area contributed by atoms with Crippen LogP contribution in [-0.2, 0) is 0 Å². The lowest BCUT2D eigenvalue weighted by molar-refractivity contribution is 0.205. The van der Waals surface area contributed by atoms with Crippen LogP contribution in [0.15, 0.2) is 0 Å². The van der Waals surface area contributed by atoms with E-state index in [0.29, 0.717) is 6.04 Å². The van der Waals surface area contributed by atoms with Gasteiger partial charge < -0.3 is 4.90 Å². The molecular formula is C10H18N2S. The Morgan fingerprint density at radius 2 is 2.31 bits per heavy atom. The molecular weight excluding hydrogens is 180 g/mol. The predicted molar refractivity (Wildman–Crippen MR) is 57.8 cm³/mol. The summed E-state index contributed by atoms with van der Waals surface area (Å²) in [5.74, 6) is 2.51. The smallest absolute Gasteiger partial charge is 0.0697 e. The van der Waals surface area contributed by atoms with E-state index in [4.69, 9.17) is 5.26 Å². The molecule has 1 rings (SSSR count). The minimum absolute atomic E-state index is 0.206. The van der Waals surface area contributed by atoms with Gasteiger partial charge in [0.1, 0.15) is 0 Å². The second kappa shape index (κ2) is 4.34. The zero-order valence-electron chi connectivity index (χ0n) is 8.71. The van der Waals surface area contributed by atoms with Crippen molar-refractivity contribution in [3.8, 4) is 6.07 Å². The third kappa shape index (κ3) is 3.21. The van der Waals surface area contributed by atoms with E-state index in [9.17, 15) is 0 Å². The quantitative estimate of drug-likeness (QED) is 0.694. The average Bonchev–Trinajstić information content (AvgIpc) is 2.55. The highest BCUT2D eigenvalue weighted by Gasteiger charge is 2.25. The zero-order chi connectivity index (χ0) is 9.90. The van der Waals surface area contributed by atoms with Crippen LogP contribution in [0.4, 0.5) is 0 Å². The normalized spacial score (nSPS) is 23.5. The molecule has 0 N–H and O–H groups in total. The molecule has 0 bridgehead atoms. The van der Waals surface area contributed by atoms with Crippen LogP contribution < -0.4 is 0 Å². The van der Waals surface area contributed by atoms with E-state index in [-0.39, 0.29) is 5.41 Å². The summed E-state index contributed by atoms with van der Waals surface area (Å²) in [5.41, 5.74) is -0.206. The molecule has 3 heteroatoms. The molecule has 1 fully saturated rings. The van der Waals surface area contributed by atoms with E-state index >= 15 is 0 Å². The molecule has 0 saturated carbocycles. The number of rotatable bonds is 3. The van der Waals surface area contributed by atoms with Gasteiger partial charge >= 0.3 is 0 Å². The highest BCUT2D eigenvalue weighted by Crippen LogP contribution is 2.24. The summed E-state index contributed by atoms with van der Waals surface area (Å²) in [4.78, 5) is 2.34. The molecule has 0 aliphatic carbocycles. The lowest BCUT2D eigenvalue weighted by Crippen LogP contribution is -2.38. The van der Waals surface area contributed by atoms with Gasteiger partial charge in [0.2, 0.25) is 0 Å². The third-order valence-corrected chi connectivity index (χ3v) is 3.62. The van der Waals surface area contributed by atoms with Gasteiger partial charge in [-0.1, -0.05) is 0 Å². The number of hydrogen-bond acceptors (Lipinski definition) is 3. The molecule has 0 radical (unpaired) electrons. The standard InChI is InChI=1S/C10H18N2S/c1-10(2,7-11)8-12(3)9-4-5-13-6-9/h9H,4-6,8H2,1-3H3. The van der Waals surface area contributed by atoms with Crippen LogP contribution in [0.3, 0.4) is 0 Å². The molecule has 0 aromatic heterocycles. The van der Waals surface area contributed by atoms with Crippen molar-refractivity contribution in [3.05, 3.63) is 0 Å². The van der Waals surface area contributed by atoms with Crippen LogP contribution in [0.1, 0.15) is 20.3 Å². The summed E-state index contributed by atoms with van der Waals surface area (Å²) in [5, 5.41) is 8.90. The van der Waals surface area contributed by atoms with E-state index in [1.165, 1.54) is 17.9 Å². The van der Waals surface area contributed by atoms with Crippen LogP contribution in [0.2, 0.25) is 0 Å². The van der Waals surface area contributed by atoms with Crippen molar-refractivity contribution in [3.63, 3.8) is 0 Å². The van der Waals surface area contributed by atoms with Gasteiger partial charge in [-0.3, -0.25) is 0 Å². The Labute approximate surface area is 85.3 Å². The lowest BCUT2D eigenvalue weighted by atomic mass is 9.94. The van der Waals surface area contributed by atoms with Gasteiger partial charge in [-0.25, -0.2) is 0 Å². The second-order valence-electron chi connectivity index (χ2n) is 4.43. The van der Waals surface area contributed by atoms with E-state index < -0.39 is 0 Å². The van der Waals surface area contributed by atoms with Gasteiger partial charge in [0, 0.05) is 18.3 Å². The Morgan fingerprint density at radius 3 is 2.77 bits per heavy atom.